The van der Waals surface area contributed by atoms with Crippen molar-refractivity contribution in [1.82, 2.24) is 0 Å². The highest BCUT2D eigenvalue weighted by atomic mass is 32.3. The minimum absolute atomic E-state index is 0.175. The van der Waals surface area contributed by atoms with Crippen LogP contribution in [0.4, 0.5) is 0 Å². The van der Waals surface area contributed by atoms with Crippen LogP contribution in [0.2, 0.25) is 0 Å². The molecule has 0 bridgehead atoms. The summed E-state index contributed by atoms with van der Waals surface area (Å²) in [4.78, 5) is 0. The zero-order chi connectivity index (χ0) is 12.1. The summed E-state index contributed by atoms with van der Waals surface area (Å²) in [6, 6.07) is 0. The first-order chi connectivity index (χ1) is 7.47. The van der Waals surface area contributed by atoms with Gasteiger partial charge in [-0.05, 0) is 50.9 Å². The van der Waals surface area contributed by atoms with E-state index in [0.29, 0.717) is 0 Å². The summed E-state index contributed by atoms with van der Waals surface area (Å²) >= 11 is 2.14. The van der Waals surface area contributed by atoms with E-state index >= 15 is 0 Å². The molecule has 1 unspecified atom stereocenters. The molecule has 0 aromatic rings. The molecule has 0 nitrogen and oxygen atoms in total. The van der Waals surface area contributed by atoms with Crippen molar-refractivity contribution >= 4 is 21.8 Å². The van der Waals surface area contributed by atoms with Crippen LogP contribution in [-0.2, 0) is 0 Å². The highest BCUT2D eigenvalue weighted by molar-refractivity contribution is 8.43. The Morgan fingerprint density at radius 1 is 1.31 bits per heavy atom. The summed E-state index contributed by atoms with van der Waals surface area (Å²) in [7, 11) is -0.591. The highest BCUT2D eigenvalue weighted by Gasteiger charge is 2.24. The molecule has 1 aliphatic heterocycles. The second kappa shape index (κ2) is 6.26. The maximum atomic E-state index is 3.72. The van der Waals surface area contributed by atoms with Crippen molar-refractivity contribution in [3.63, 3.8) is 0 Å². The molecule has 1 aliphatic rings. The number of hydrogen-bond donors (Lipinski definition) is 0. The Kier molecular flexibility index (Phi) is 5.61. The first-order valence-electron chi connectivity index (χ1n) is 6.35. The maximum absolute atomic E-state index is 3.72. The molecule has 16 heavy (non-hydrogen) atoms. The molecule has 1 fully saturated rings. The predicted octanol–water partition coefficient (Wildman–Crippen LogP) is 4.69. The van der Waals surface area contributed by atoms with E-state index in [1.165, 1.54) is 41.6 Å². The van der Waals surface area contributed by atoms with Crippen LogP contribution in [0.5, 0.6) is 0 Å². The Morgan fingerprint density at radius 2 is 2.06 bits per heavy atom. The lowest BCUT2D eigenvalue weighted by molar-refractivity contribution is 0.571. The quantitative estimate of drug-likeness (QED) is 0.662. The Balaban J connectivity index is 2.72. The minimum Gasteiger partial charge on any atom is -0.168 e. The van der Waals surface area contributed by atoms with Gasteiger partial charge in [0.1, 0.15) is 0 Å². The van der Waals surface area contributed by atoms with Gasteiger partial charge in [-0.1, -0.05) is 24.5 Å². The zero-order valence-electron chi connectivity index (χ0n) is 11.3. The summed E-state index contributed by atoms with van der Waals surface area (Å²) in [5, 5.41) is 5.07. The van der Waals surface area contributed by atoms with Gasteiger partial charge in [0.15, 0.2) is 0 Å². The summed E-state index contributed by atoms with van der Waals surface area (Å²) in [6.07, 6.45) is 4.08. The largest absolute Gasteiger partial charge is 0.168 e. The van der Waals surface area contributed by atoms with Crippen molar-refractivity contribution in [1.29, 1.82) is 0 Å². The van der Waals surface area contributed by atoms with Crippen molar-refractivity contribution in [2.24, 2.45) is 5.41 Å². The SMILES string of the molecule is CCCCS1(C#CC(C)(C)C)CCCSC1. The topological polar surface area (TPSA) is 0 Å². The summed E-state index contributed by atoms with van der Waals surface area (Å²) in [6.45, 7) is 8.97. The van der Waals surface area contributed by atoms with E-state index in [1.54, 1.807) is 0 Å². The average molecular weight is 258 g/mol. The molecule has 1 atom stereocenters. The number of hydrogen-bond acceptors (Lipinski definition) is 1. The molecule has 1 rings (SSSR count). The molecule has 0 amide bonds. The molecular weight excluding hydrogens is 232 g/mol. The van der Waals surface area contributed by atoms with Crippen LogP contribution < -0.4 is 0 Å². The van der Waals surface area contributed by atoms with Gasteiger partial charge >= 0.3 is 0 Å². The Labute approximate surface area is 108 Å². The molecule has 0 radical (unpaired) electrons. The number of rotatable bonds is 3. The lowest BCUT2D eigenvalue weighted by Crippen LogP contribution is -2.16. The molecule has 1 saturated heterocycles. The van der Waals surface area contributed by atoms with E-state index in [2.05, 4.69) is 50.6 Å². The molecule has 0 aromatic heterocycles. The Bertz CT molecular complexity index is 259. The van der Waals surface area contributed by atoms with Crippen LogP contribution >= 0.6 is 21.8 Å². The van der Waals surface area contributed by atoms with Gasteiger partial charge in [-0.2, -0.15) is 21.8 Å². The monoisotopic (exact) mass is 258 g/mol. The fourth-order valence-corrected chi connectivity index (χ4v) is 7.62. The zero-order valence-corrected chi connectivity index (χ0v) is 12.9. The van der Waals surface area contributed by atoms with E-state index < -0.39 is 10.0 Å². The molecule has 0 aromatic carbocycles. The third-order valence-corrected chi connectivity index (χ3v) is 8.39. The van der Waals surface area contributed by atoms with Crippen LogP contribution in [0.3, 0.4) is 0 Å². The summed E-state index contributed by atoms with van der Waals surface area (Å²) < 4.78 is 0. The Morgan fingerprint density at radius 3 is 2.56 bits per heavy atom. The van der Waals surface area contributed by atoms with Gasteiger partial charge in [-0.25, -0.2) is 0 Å². The maximum Gasteiger partial charge on any atom is 0.0335 e. The lowest BCUT2D eigenvalue weighted by Gasteiger charge is -2.38. The molecule has 0 spiro atoms. The molecule has 94 valence electrons. The van der Waals surface area contributed by atoms with Crippen LogP contribution in [0.25, 0.3) is 0 Å². The molecule has 2 heteroatoms. The van der Waals surface area contributed by atoms with Gasteiger partial charge in [-0.15, -0.1) is 0 Å². The van der Waals surface area contributed by atoms with Gasteiger partial charge in [0.05, 0.1) is 0 Å². The van der Waals surface area contributed by atoms with Crippen molar-refractivity contribution in [3.05, 3.63) is 0 Å². The van der Waals surface area contributed by atoms with E-state index in [9.17, 15) is 0 Å². The molecule has 0 N–H and O–H groups in total. The standard InChI is InChI=1S/C14H26S2/c1-5-6-10-16(11-7-9-15-13-16)12-8-14(2,3)4/h5-7,9-11,13H2,1-4H3. The second-order valence-electron chi connectivity index (χ2n) is 5.66. The van der Waals surface area contributed by atoms with Crippen LogP contribution in [0, 0.1) is 16.6 Å². The van der Waals surface area contributed by atoms with Gasteiger partial charge in [-0.3, -0.25) is 0 Å². The van der Waals surface area contributed by atoms with Crippen LogP contribution in [0.15, 0.2) is 0 Å². The van der Waals surface area contributed by atoms with E-state index in [1.807, 2.05) is 0 Å². The summed E-state index contributed by atoms with van der Waals surface area (Å²) in [5.41, 5.74) is 0.175. The molecule has 0 aliphatic carbocycles. The number of thioether (sulfide) groups is 1. The van der Waals surface area contributed by atoms with E-state index in [0.717, 1.165) is 0 Å². The second-order valence-corrected chi connectivity index (χ2v) is 10.5. The first kappa shape index (κ1) is 14.3. The summed E-state index contributed by atoms with van der Waals surface area (Å²) in [5.74, 6) is 7.67. The fraction of sp³-hybridized carbons (Fsp3) is 0.857. The molecular formula is C14H26S2. The van der Waals surface area contributed by atoms with Crippen molar-refractivity contribution in [2.45, 2.75) is 47.0 Å². The normalized spacial score (nSPS) is 30.0. The van der Waals surface area contributed by atoms with Gasteiger partial charge in [0, 0.05) is 10.5 Å². The first-order valence-corrected chi connectivity index (χ1v) is 9.65. The fourth-order valence-electron chi connectivity index (χ4n) is 1.69. The number of unbranched alkanes of at least 4 members (excludes halogenated alkanes) is 1. The Hall–Kier alpha value is 0.260. The van der Waals surface area contributed by atoms with E-state index in [4.69, 9.17) is 0 Å². The van der Waals surface area contributed by atoms with Crippen molar-refractivity contribution in [3.8, 4) is 11.2 Å². The van der Waals surface area contributed by atoms with Gasteiger partial charge in [0.2, 0.25) is 0 Å². The van der Waals surface area contributed by atoms with E-state index in [-0.39, 0.29) is 5.41 Å². The van der Waals surface area contributed by atoms with Crippen LogP contribution in [-0.4, -0.2) is 22.3 Å². The minimum atomic E-state index is -0.591. The third-order valence-electron chi connectivity index (χ3n) is 2.66. The van der Waals surface area contributed by atoms with Gasteiger partial charge in [0.25, 0.3) is 0 Å². The lowest BCUT2D eigenvalue weighted by atomic mass is 9.99. The van der Waals surface area contributed by atoms with Crippen molar-refractivity contribution < 1.29 is 0 Å². The third kappa shape index (κ3) is 5.06. The molecule has 0 saturated carbocycles. The van der Waals surface area contributed by atoms with Gasteiger partial charge < -0.3 is 0 Å². The average Bonchev–Trinajstić information content (AvgIpc) is 2.24. The molecule has 1 heterocycles. The van der Waals surface area contributed by atoms with Crippen molar-refractivity contribution in [2.75, 3.05) is 22.3 Å². The smallest absolute Gasteiger partial charge is 0.0335 e. The predicted molar refractivity (Wildman–Crippen MR) is 81.4 cm³/mol. The highest BCUT2D eigenvalue weighted by Crippen LogP contribution is 2.54. The van der Waals surface area contributed by atoms with Crippen LogP contribution in [0.1, 0.15) is 47.0 Å².